The summed E-state index contributed by atoms with van der Waals surface area (Å²) < 4.78 is 30.0. The number of anilines is 1. The molecule has 5 aromatic rings. The summed E-state index contributed by atoms with van der Waals surface area (Å²) in [4.78, 5) is 21.5. The molecule has 0 atom stereocenters. The topological polar surface area (TPSA) is 90.5 Å². The highest BCUT2D eigenvalue weighted by Gasteiger charge is 2.19. The molecule has 2 aromatic carbocycles. The number of benzene rings is 2. The van der Waals surface area contributed by atoms with Gasteiger partial charge in [-0.05, 0) is 62.2 Å². The zero-order valence-corrected chi connectivity index (χ0v) is 18.5. The van der Waals surface area contributed by atoms with Crippen LogP contribution in [-0.4, -0.2) is 35.4 Å². The van der Waals surface area contributed by atoms with Crippen LogP contribution in [0.4, 0.5) is 14.6 Å². The van der Waals surface area contributed by atoms with E-state index in [1.54, 1.807) is 23.9 Å². The highest BCUT2D eigenvalue weighted by atomic mass is 19.2. The molecule has 10 heteroatoms. The maximum absolute atomic E-state index is 13.6. The van der Waals surface area contributed by atoms with Crippen molar-refractivity contribution >= 4 is 22.8 Å². The van der Waals surface area contributed by atoms with Crippen molar-refractivity contribution < 1.29 is 13.6 Å². The van der Waals surface area contributed by atoms with E-state index in [9.17, 15) is 13.6 Å². The minimum atomic E-state index is -1.10. The van der Waals surface area contributed by atoms with Gasteiger partial charge in [0, 0.05) is 11.6 Å². The van der Waals surface area contributed by atoms with Crippen molar-refractivity contribution in [2.75, 3.05) is 5.32 Å². The fourth-order valence-corrected chi connectivity index (χ4v) is 3.62. The van der Waals surface area contributed by atoms with Gasteiger partial charge in [-0.2, -0.15) is 14.9 Å². The number of hydrogen-bond acceptors (Lipinski definition) is 5. The van der Waals surface area contributed by atoms with E-state index in [-0.39, 0.29) is 5.56 Å². The van der Waals surface area contributed by atoms with Gasteiger partial charge in [0.2, 0.25) is 0 Å². The maximum Gasteiger partial charge on any atom is 0.256 e. The Morgan fingerprint density at radius 3 is 2.50 bits per heavy atom. The van der Waals surface area contributed by atoms with Gasteiger partial charge in [0.15, 0.2) is 23.1 Å². The van der Waals surface area contributed by atoms with Crippen molar-refractivity contribution in [2.45, 2.75) is 20.8 Å². The fourth-order valence-electron chi connectivity index (χ4n) is 3.62. The Labute approximate surface area is 192 Å². The third-order valence-corrected chi connectivity index (χ3v) is 5.54. The van der Waals surface area contributed by atoms with Crippen molar-refractivity contribution in [3.05, 3.63) is 89.0 Å². The lowest BCUT2D eigenvalue weighted by atomic mass is 10.1. The average Bonchev–Trinajstić information content (AvgIpc) is 3.40. The first kappa shape index (κ1) is 21.4. The number of aromatic nitrogens is 6. The molecule has 0 spiro atoms. The lowest BCUT2D eigenvalue weighted by molar-refractivity contribution is 0.102. The van der Waals surface area contributed by atoms with Crippen LogP contribution in [-0.2, 0) is 0 Å². The molecular formula is C24H19F2N7O. The van der Waals surface area contributed by atoms with Crippen LogP contribution < -0.4 is 5.32 Å². The van der Waals surface area contributed by atoms with Crippen LogP contribution in [0.1, 0.15) is 27.2 Å². The Balaban J connectivity index is 1.56. The number of carbonyl (C=O) groups excluding carboxylic acids is 1. The van der Waals surface area contributed by atoms with Crippen molar-refractivity contribution in [3.8, 4) is 11.5 Å². The number of rotatable bonds is 4. The van der Waals surface area contributed by atoms with Crippen LogP contribution in [0.25, 0.3) is 22.5 Å². The smallest absolute Gasteiger partial charge is 0.256 e. The summed E-state index contributed by atoms with van der Waals surface area (Å²) in [6.45, 7) is 5.83. The van der Waals surface area contributed by atoms with Crippen LogP contribution in [0, 0.1) is 32.4 Å². The molecule has 8 nitrogen and oxygen atoms in total. The second-order valence-corrected chi connectivity index (χ2v) is 7.93. The Morgan fingerprint density at radius 2 is 1.74 bits per heavy atom. The quantitative estimate of drug-likeness (QED) is 0.429. The van der Waals surface area contributed by atoms with Crippen molar-refractivity contribution in [2.24, 2.45) is 0 Å². The summed E-state index contributed by atoms with van der Waals surface area (Å²) in [7, 11) is 0. The van der Waals surface area contributed by atoms with Gasteiger partial charge in [-0.25, -0.2) is 23.4 Å². The molecule has 0 saturated carbocycles. The van der Waals surface area contributed by atoms with Gasteiger partial charge in [0.05, 0.1) is 23.0 Å². The van der Waals surface area contributed by atoms with Crippen LogP contribution in [0.15, 0.2) is 55.0 Å². The molecule has 1 amide bonds. The molecule has 1 N–H and O–H groups in total. The first-order valence-electron chi connectivity index (χ1n) is 10.4. The SMILES string of the molecule is Cc1cc(NC(=O)c2ccc(F)c(F)c2)n(-c2ncnc3c2cnn3-c2ccc(C)c(C)c2)n1. The van der Waals surface area contributed by atoms with Gasteiger partial charge in [-0.3, -0.25) is 4.79 Å². The number of aryl methyl sites for hydroxylation is 3. The number of carbonyl (C=O) groups is 1. The van der Waals surface area contributed by atoms with E-state index >= 15 is 0 Å². The number of fused-ring (bicyclic) bond motifs is 1. The van der Waals surface area contributed by atoms with Gasteiger partial charge < -0.3 is 5.32 Å². The Bertz CT molecular complexity index is 1570. The number of nitrogens with zero attached hydrogens (tertiary/aromatic N) is 6. The van der Waals surface area contributed by atoms with E-state index in [1.165, 1.54) is 22.6 Å². The second kappa shape index (κ2) is 8.14. The van der Waals surface area contributed by atoms with Gasteiger partial charge >= 0.3 is 0 Å². The Kier molecular flexibility index (Phi) is 5.12. The number of nitrogens with one attached hydrogen (secondary N) is 1. The van der Waals surface area contributed by atoms with E-state index in [0.29, 0.717) is 28.4 Å². The molecule has 0 aliphatic rings. The molecule has 3 aromatic heterocycles. The first-order valence-corrected chi connectivity index (χ1v) is 10.4. The molecule has 0 bridgehead atoms. The molecule has 0 aliphatic heterocycles. The summed E-state index contributed by atoms with van der Waals surface area (Å²) in [6.07, 6.45) is 3.03. The van der Waals surface area contributed by atoms with Crippen molar-refractivity contribution in [1.29, 1.82) is 0 Å². The minimum absolute atomic E-state index is 0.0281. The monoisotopic (exact) mass is 459 g/mol. The molecule has 5 rings (SSSR count). The van der Waals surface area contributed by atoms with E-state index < -0.39 is 17.5 Å². The second-order valence-electron chi connectivity index (χ2n) is 7.93. The summed E-state index contributed by atoms with van der Waals surface area (Å²) in [5.41, 5.74) is 4.31. The first-order chi connectivity index (χ1) is 16.3. The summed E-state index contributed by atoms with van der Waals surface area (Å²) >= 11 is 0. The summed E-state index contributed by atoms with van der Waals surface area (Å²) in [5.74, 6) is -2.02. The molecule has 0 saturated heterocycles. The largest absolute Gasteiger partial charge is 0.306 e. The number of amides is 1. The highest BCUT2D eigenvalue weighted by molar-refractivity contribution is 6.04. The van der Waals surface area contributed by atoms with Crippen LogP contribution in [0.5, 0.6) is 0 Å². The molecule has 0 radical (unpaired) electrons. The van der Waals surface area contributed by atoms with Gasteiger partial charge in [0.25, 0.3) is 5.91 Å². The van der Waals surface area contributed by atoms with Crippen molar-refractivity contribution in [3.63, 3.8) is 0 Å². The Morgan fingerprint density at radius 1 is 0.912 bits per heavy atom. The lowest BCUT2D eigenvalue weighted by Gasteiger charge is -2.10. The number of hydrogen-bond donors (Lipinski definition) is 1. The molecule has 0 fully saturated rings. The maximum atomic E-state index is 13.6. The fraction of sp³-hybridized carbons (Fsp3) is 0.125. The van der Waals surface area contributed by atoms with Gasteiger partial charge in [-0.15, -0.1) is 0 Å². The molecule has 0 unspecified atom stereocenters. The number of halogens is 2. The van der Waals surface area contributed by atoms with Gasteiger partial charge in [-0.1, -0.05) is 6.07 Å². The molecule has 34 heavy (non-hydrogen) atoms. The predicted octanol–water partition coefficient (Wildman–Crippen LogP) is 4.46. The summed E-state index contributed by atoms with van der Waals surface area (Å²) in [6, 6.07) is 10.6. The van der Waals surface area contributed by atoms with E-state index in [1.807, 2.05) is 32.0 Å². The molecule has 0 aliphatic carbocycles. The van der Waals surface area contributed by atoms with Crippen LogP contribution in [0.3, 0.4) is 0 Å². The van der Waals surface area contributed by atoms with E-state index in [0.717, 1.165) is 23.4 Å². The third kappa shape index (κ3) is 3.68. The lowest BCUT2D eigenvalue weighted by Crippen LogP contribution is -2.16. The van der Waals surface area contributed by atoms with E-state index in [2.05, 4.69) is 25.5 Å². The minimum Gasteiger partial charge on any atom is -0.306 e. The van der Waals surface area contributed by atoms with Crippen molar-refractivity contribution in [1.82, 2.24) is 29.5 Å². The molecule has 3 heterocycles. The standard InChI is InChI=1S/C24H19F2N7O/c1-13-4-6-17(8-14(13)2)32-22-18(11-29-32)23(28-12-27-22)33-21(9-15(3)31-33)30-24(34)16-5-7-19(25)20(26)10-16/h4-12H,1-3H3,(H,30,34). The van der Waals surface area contributed by atoms with Crippen LogP contribution in [0.2, 0.25) is 0 Å². The normalized spacial score (nSPS) is 11.2. The van der Waals surface area contributed by atoms with E-state index in [4.69, 9.17) is 0 Å². The molecular weight excluding hydrogens is 440 g/mol. The zero-order chi connectivity index (χ0) is 24.0. The third-order valence-electron chi connectivity index (χ3n) is 5.54. The zero-order valence-electron chi connectivity index (χ0n) is 18.5. The summed E-state index contributed by atoms with van der Waals surface area (Å²) in [5, 5.41) is 12.3. The average molecular weight is 459 g/mol. The highest BCUT2D eigenvalue weighted by Crippen LogP contribution is 2.25. The van der Waals surface area contributed by atoms with Crippen LogP contribution >= 0.6 is 0 Å². The predicted molar refractivity (Wildman–Crippen MR) is 122 cm³/mol. The Hall–Kier alpha value is -4.47. The van der Waals surface area contributed by atoms with Gasteiger partial charge in [0.1, 0.15) is 12.1 Å². The molecule has 170 valence electrons.